The van der Waals surface area contributed by atoms with Gasteiger partial charge < -0.3 is 20.4 Å². The van der Waals surface area contributed by atoms with Crippen molar-refractivity contribution in [2.24, 2.45) is 0 Å². The Morgan fingerprint density at radius 2 is 2.04 bits per heavy atom. The third-order valence-corrected chi connectivity index (χ3v) is 5.49. The van der Waals surface area contributed by atoms with Crippen molar-refractivity contribution in [2.75, 3.05) is 62.1 Å². The Morgan fingerprint density at radius 3 is 2.77 bits per heavy atom. The Labute approximate surface area is 155 Å². The molecular weight excluding hydrogens is 326 g/mol. The summed E-state index contributed by atoms with van der Waals surface area (Å²) >= 11 is 0. The zero-order valence-electron chi connectivity index (χ0n) is 15.7. The smallest absolute Gasteiger partial charge is 0.0816 e. The number of hydrogen-bond acceptors (Lipinski definition) is 6. The van der Waals surface area contributed by atoms with Gasteiger partial charge in [0.05, 0.1) is 41.7 Å². The molecule has 0 atom stereocenters. The lowest BCUT2D eigenvalue weighted by molar-refractivity contribution is 0.343. The van der Waals surface area contributed by atoms with Gasteiger partial charge in [-0.25, -0.2) is 0 Å². The van der Waals surface area contributed by atoms with Gasteiger partial charge >= 0.3 is 0 Å². The fraction of sp³-hybridized carbons (Fsp3) is 0.526. The number of benzene rings is 1. The van der Waals surface area contributed by atoms with Crippen molar-refractivity contribution in [1.29, 1.82) is 0 Å². The molecule has 2 aromatic rings. The lowest BCUT2D eigenvalue weighted by atomic mass is 10.1. The van der Waals surface area contributed by atoms with Crippen molar-refractivity contribution in [2.45, 2.75) is 18.9 Å². The summed E-state index contributed by atoms with van der Waals surface area (Å²) in [6, 6.07) is 7.00. The van der Waals surface area contributed by atoms with E-state index in [-0.39, 0.29) is 0 Å². The first kappa shape index (κ1) is 17.2. The topological polar surface area (TPSA) is 60.4 Å². The summed E-state index contributed by atoms with van der Waals surface area (Å²) < 4.78 is 2.14. The molecule has 0 bridgehead atoms. The first-order valence-corrected chi connectivity index (χ1v) is 9.53. The summed E-state index contributed by atoms with van der Waals surface area (Å²) in [5, 5.41) is 14.9. The third-order valence-electron chi connectivity index (χ3n) is 5.49. The van der Waals surface area contributed by atoms with Crippen LogP contribution < -0.4 is 25.8 Å². The fourth-order valence-electron chi connectivity index (χ4n) is 3.95. The summed E-state index contributed by atoms with van der Waals surface area (Å²) in [5.41, 5.74) is 4.69. The lowest BCUT2D eigenvalue weighted by Crippen LogP contribution is -2.29. The summed E-state index contributed by atoms with van der Waals surface area (Å²) in [6.07, 6.45) is 6.44. The van der Waals surface area contributed by atoms with Crippen LogP contribution in [-0.4, -0.2) is 56.7 Å². The molecule has 2 fully saturated rings. The molecule has 2 saturated heterocycles. The van der Waals surface area contributed by atoms with E-state index in [1.54, 1.807) is 0 Å². The zero-order valence-corrected chi connectivity index (χ0v) is 15.7. The average molecular weight is 355 g/mol. The van der Waals surface area contributed by atoms with E-state index in [1.807, 2.05) is 13.2 Å². The number of nitrogens with zero attached hydrogens (tertiary/aromatic N) is 4. The summed E-state index contributed by atoms with van der Waals surface area (Å²) in [7, 11) is 4.12. The van der Waals surface area contributed by atoms with Crippen LogP contribution in [0.4, 0.5) is 22.7 Å². The quantitative estimate of drug-likeness (QED) is 0.763. The maximum atomic E-state index is 4.65. The minimum Gasteiger partial charge on any atom is -0.385 e. The fourth-order valence-corrected chi connectivity index (χ4v) is 3.95. The van der Waals surface area contributed by atoms with Crippen molar-refractivity contribution >= 4 is 22.7 Å². The molecule has 0 radical (unpaired) electrons. The number of aromatic nitrogens is 2. The second kappa shape index (κ2) is 7.55. The zero-order chi connectivity index (χ0) is 17.9. The number of nitrogens with one attached hydrogen (secondary N) is 3. The molecule has 0 unspecified atom stereocenters. The van der Waals surface area contributed by atoms with Crippen LogP contribution in [0, 0.1) is 0 Å². The molecule has 0 aliphatic carbocycles. The van der Waals surface area contributed by atoms with Gasteiger partial charge in [0, 0.05) is 33.4 Å². The van der Waals surface area contributed by atoms with E-state index in [4.69, 9.17) is 0 Å². The van der Waals surface area contributed by atoms with Crippen LogP contribution in [0.5, 0.6) is 0 Å². The Kier molecular flexibility index (Phi) is 4.99. The van der Waals surface area contributed by atoms with E-state index < -0.39 is 0 Å². The molecular formula is C19H29N7. The van der Waals surface area contributed by atoms with E-state index in [1.165, 1.54) is 11.4 Å². The van der Waals surface area contributed by atoms with Gasteiger partial charge in [0.25, 0.3) is 0 Å². The van der Waals surface area contributed by atoms with E-state index in [2.05, 4.69) is 67.0 Å². The van der Waals surface area contributed by atoms with Crippen LogP contribution >= 0.6 is 0 Å². The minimum absolute atomic E-state index is 0.504. The van der Waals surface area contributed by atoms with Gasteiger partial charge in [-0.05, 0) is 38.1 Å². The molecule has 7 heteroatoms. The molecule has 1 aromatic carbocycles. The highest BCUT2D eigenvalue weighted by Crippen LogP contribution is 2.38. The molecule has 7 nitrogen and oxygen atoms in total. The summed E-state index contributed by atoms with van der Waals surface area (Å²) in [5.74, 6) is 0. The number of hydrogen-bond donors (Lipinski definition) is 3. The molecule has 140 valence electrons. The number of piperidine rings is 1. The standard InChI is InChI=1S/C19H29N7/c1-20-19-17(4-3-5-18(19)25-11-10-22-14-25)24(2)16-12-23-26(13-16)15-6-8-21-9-7-15/h3-5,12-13,15,20-22H,6-11,14H2,1-2H3. The Bertz CT molecular complexity index is 729. The SMILES string of the molecule is CNc1c(N2CCNC2)cccc1N(C)c1cnn(C2CCNCC2)c1. The summed E-state index contributed by atoms with van der Waals surface area (Å²) in [4.78, 5) is 4.60. The predicted molar refractivity (Wildman–Crippen MR) is 108 cm³/mol. The first-order valence-electron chi connectivity index (χ1n) is 9.53. The molecule has 0 saturated carbocycles. The van der Waals surface area contributed by atoms with Gasteiger partial charge in [0.1, 0.15) is 0 Å². The number of anilines is 4. The summed E-state index contributed by atoms with van der Waals surface area (Å²) in [6.45, 7) is 5.12. The van der Waals surface area contributed by atoms with Crippen LogP contribution in [0.25, 0.3) is 0 Å². The first-order chi connectivity index (χ1) is 12.8. The monoisotopic (exact) mass is 355 g/mol. The van der Waals surface area contributed by atoms with Gasteiger partial charge in [0.15, 0.2) is 0 Å². The van der Waals surface area contributed by atoms with Crippen molar-refractivity contribution < 1.29 is 0 Å². The maximum Gasteiger partial charge on any atom is 0.0816 e. The van der Waals surface area contributed by atoms with E-state index in [0.29, 0.717) is 6.04 Å². The lowest BCUT2D eigenvalue weighted by Gasteiger charge is -2.27. The van der Waals surface area contributed by atoms with Crippen LogP contribution in [0.2, 0.25) is 0 Å². The number of para-hydroxylation sites is 1. The van der Waals surface area contributed by atoms with E-state index in [0.717, 1.165) is 57.1 Å². The molecule has 0 spiro atoms. The second-order valence-electron chi connectivity index (χ2n) is 7.06. The van der Waals surface area contributed by atoms with Gasteiger partial charge in [-0.15, -0.1) is 0 Å². The van der Waals surface area contributed by atoms with Crippen molar-refractivity contribution in [3.05, 3.63) is 30.6 Å². The van der Waals surface area contributed by atoms with Crippen LogP contribution in [0.1, 0.15) is 18.9 Å². The molecule has 0 amide bonds. The van der Waals surface area contributed by atoms with E-state index >= 15 is 0 Å². The molecule has 26 heavy (non-hydrogen) atoms. The van der Waals surface area contributed by atoms with Gasteiger partial charge in [-0.3, -0.25) is 10.00 Å². The van der Waals surface area contributed by atoms with Crippen LogP contribution in [-0.2, 0) is 0 Å². The Morgan fingerprint density at radius 1 is 1.19 bits per heavy atom. The predicted octanol–water partition coefficient (Wildman–Crippen LogP) is 1.98. The molecule has 3 N–H and O–H groups in total. The third kappa shape index (κ3) is 3.24. The highest BCUT2D eigenvalue weighted by atomic mass is 15.3. The Hall–Kier alpha value is -2.25. The highest BCUT2D eigenvalue weighted by molar-refractivity contribution is 5.86. The molecule has 2 aliphatic rings. The van der Waals surface area contributed by atoms with Gasteiger partial charge in [0.2, 0.25) is 0 Å². The molecule has 4 rings (SSSR count). The maximum absolute atomic E-state index is 4.65. The Balaban J connectivity index is 1.60. The minimum atomic E-state index is 0.504. The van der Waals surface area contributed by atoms with Crippen molar-refractivity contribution in [1.82, 2.24) is 20.4 Å². The van der Waals surface area contributed by atoms with E-state index in [9.17, 15) is 0 Å². The van der Waals surface area contributed by atoms with Crippen molar-refractivity contribution in [3.63, 3.8) is 0 Å². The van der Waals surface area contributed by atoms with Crippen LogP contribution in [0.3, 0.4) is 0 Å². The largest absolute Gasteiger partial charge is 0.385 e. The molecule has 2 aliphatic heterocycles. The molecule has 1 aromatic heterocycles. The number of rotatable bonds is 5. The second-order valence-corrected chi connectivity index (χ2v) is 7.06. The van der Waals surface area contributed by atoms with Crippen LogP contribution in [0.15, 0.2) is 30.6 Å². The highest BCUT2D eigenvalue weighted by Gasteiger charge is 2.21. The molecule has 3 heterocycles. The van der Waals surface area contributed by atoms with Gasteiger partial charge in [-0.2, -0.15) is 5.10 Å². The van der Waals surface area contributed by atoms with Gasteiger partial charge in [-0.1, -0.05) is 6.07 Å². The van der Waals surface area contributed by atoms with Crippen molar-refractivity contribution in [3.8, 4) is 0 Å². The average Bonchev–Trinajstić information content (AvgIpc) is 3.39. The normalized spacial score (nSPS) is 18.3.